The molecule has 0 aromatic carbocycles. The second-order valence-corrected chi connectivity index (χ2v) is 3.60. The van der Waals surface area contributed by atoms with Crippen LogP contribution in [0.1, 0.15) is 19.3 Å². The van der Waals surface area contributed by atoms with Crippen molar-refractivity contribution in [2.24, 2.45) is 0 Å². The van der Waals surface area contributed by atoms with Crippen molar-refractivity contribution >= 4 is 12.0 Å². The highest BCUT2D eigenvalue weighted by molar-refractivity contribution is 5.66. The first-order chi connectivity index (χ1) is 6.92. The number of rotatable bonds is 2. The monoisotopic (exact) mass is 190 g/mol. The Morgan fingerprint density at radius 3 is 3.14 bits per heavy atom. The first-order valence-electron chi connectivity index (χ1n) is 5.04. The summed E-state index contributed by atoms with van der Waals surface area (Å²) in [5, 5.41) is 0. The van der Waals surface area contributed by atoms with Crippen LogP contribution in [0.15, 0.2) is 24.5 Å². The Hall–Kier alpha value is -1.38. The lowest BCUT2D eigenvalue weighted by atomic mass is 10.0. The maximum atomic E-state index is 10.9. The summed E-state index contributed by atoms with van der Waals surface area (Å²) in [5.41, 5.74) is 1.06. The summed E-state index contributed by atoms with van der Waals surface area (Å²) in [6.45, 7) is 0.967. The third kappa shape index (κ3) is 1.76. The van der Waals surface area contributed by atoms with Crippen molar-refractivity contribution in [2.75, 3.05) is 11.4 Å². The fraction of sp³-hybridized carbons (Fsp3) is 0.455. The molecule has 0 aliphatic carbocycles. The van der Waals surface area contributed by atoms with E-state index in [2.05, 4.69) is 9.88 Å². The van der Waals surface area contributed by atoms with Crippen LogP contribution in [0.2, 0.25) is 0 Å². The van der Waals surface area contributed by atoms with Gasteiger partial charge in [-0.2, -0.15) is 0 Å². The van der Waals surface area contributed by atoms with E-state index >= 15 is 0 Å². The van der Waals surface area contributed by atoms with Crippen molar-refractivity contribution in [1.82, 2.24) is 4.98 Å². The van der Waals surface area contributed by atoms with Crippen molar-refractivity contribution in [1.29, 1.82) is 0 Å². The Bertz CT molecular complexity index is 299. The van der Waals surface area contributed by atoms with Gasteiger partial charge in [-0.1, -0.05) is 0 Å². The zero-order valence-corrected chi connectivity index (χ0v) is 8.10. The molecule has 3 nitrogen and oxygen atoms in total. The average molecular weight is 190 g/mol. The van der Waals surface area contributed by atoms with E-state index in [4.69, 9.17) is 0 Å². The van der Waals surface area contributed by atoms with Gasteiger partial charge in [-0.25, -0.2) is 0 Å². The van der Waals surface area contributed by atoms with Crippen LogP contribution in [0.5, 0.6) is 0 Å². The van der Waals surface area contributed by atoms with Gasteiger partial charge in [-0.15, -0.1) is 0 Å². The molecule has 0 N–H and O–H groups in total. The molecule has 0 bridgehead atoms. The molecule has 1 aromatic heterocycles. The van der Waals surface area contributed by atoms with Gasteiger partial charge < -0.3 is 9.69 Å². The highest BCUT2D eigenvalue weighted by Gasteiger charge is 2.21. The second kappa shape index (κ2) is 4.22. The van der Waals surface area contributed by atoms with Crippen LogP contribution >= 0.6 is 0 Å². The van der Waals surface area contributed by atoms with Gasteiger partial charge in [-0.05, 0) is 31.4 Å². The maximum Gasteiger partial charge on any atom is 0.142 e. The van der Waals surface area contributed by atoms with Crippen LogP contribution in [-0.2, 0) is 4.79 Å². The fourth-order valence-electron chi connectivity index (χ4n) is 1.94. The minimum Gasteiger partial charge on any atom is -0.361 e. The molecule has 1 aliphatic heterocycles. The minimum absolute atomic E-state index is 0.0490. The van der Waals surface area contributed by atoms with Crippen LogP contribution in [0.3, 0.4) is 0 Å². The summed E-state index contributed by atoms with van der Waals surface area (Å²) in [6.07, 6.45) is 7.91. The van der Waals surface area contributed by atoms with Crippen molar-refractivity contribution in [3.8, 4) is 0 Å². The normalized spacial score (nSPS) is 22.0. The maximum absolute atomic E-state index is 10.9. The predicted molar refractivity (Wildman–Crippen MR) is 55.3 cm³/mol. The van der Waals surface area contributed by atoms with Gasteiger partial charge in [0.05, 0.1) is 17.9 Å². The van der Waals surface area contributed by atoms with Gasteiger partial charge in [0.1, 0.15) is 6.29 Å². The van der Waals surface area contributed by atoms with Gasteiger partial charge in [0, 0.05) is 12.7 Å². The number of carbonyl (C=O) groups is 1. The lowest BCUT2D eigenvalue weighted by molar-refractivity contribution is -0.109. The van der Waals surface area contributed by atoms with Crippen LogP contribution < -0.4 is 4.90 Å². The van der Waals surface area contributed by atoms with Crippen molar-refractivity contribution in [3.63, 3.8) is 0 Å². The van der Waals surface area contributed by atoms with Gasteiger partial charge in [-0.3, -0.25) is 4.98 Å². The van der Waals surface area contributed by atoms with E-state index in [9.17, 15) is 4.79 Å². The van der Waals surface area contributed by atoms with E-state index in [-0.39, 0.29) is 6.04 Å². The number of hydrogen-bond donors (Lipinski definition) is 0. The van der Waals surface area contributed by atoms with Crippen LogP contribution in [-0.4, -0.2) is 23.9 Å². The van der Waals surface area contributed by atoms with Crippen molar-refractivity contribution in [2.45, 2.75) is 25.3 Å². The highest BCUT2D eigenvalue weighted by atomic mass is 16.1. The molecule has 0 amide bonds. The molecule has 0 radical (unpaired) electrons. The van der Waals surface area contributed by atoms with E-state index in [0.717, 1.165) is 31.4 Å². The van der Waals surface area contributed by atoms with E-state index < -0.39 is 0 Å². The van der Waals surface area contributed by atoms with Crippen LogP contribution in [0.4, 0.5) is 5.69 Å². The second-order valence-electron chi connectivity index (χ2n) is 3.60. The summed E-state index contributed by atoms with van der Waals surface area (Å²) in [5.74, 6) is 0. The van der Waals surface area contributed by atoms with Crippen LogP contribution in [0.25, 0.3) is 0 Å². The number of carbonyl (C=O) groups excluding carboxylic acids is 1. The largest absolute Gasteiger partial charge is 0.361 e. The Kier molecular flexibility index (Phi) is 2.77. The molecule has 1 aromatic rings. The zero-order valence-electron chi connectivity index (χ0n) is 8.10. The standard InChI is InChI=1S/C11H14N2O/c14-9-11-4-1-2-7-13(11)10-5-3-6-12-8-10/h3,5-6,8-9,11H,1-2,4,7H2/t11-/m0/s1. The molecular formula is C11H14N2O. The summed E-state index contributed by atoms with van der Waals surface area (Å²) in [7, 11) is 0. The molecule has 14 heavy (non-hydrogen) atoms. The Morgan fingerprint density at radius 2 is 2.43 bits per heavy atom. The van der Waals surface area contributed by atoms with E-state index in [1.165, 1.54) is 6.42 Å². The molecule has 0 spiro atoms. The molecule has 1 aliphatic rings. The van der Waals surface area contributed by atoms with E-state index in [1.54, 1.807) is 6.20 Å². The molecule has 0 unspecified atom stereocenters. The Balaban J connectivity index is 2.19. The Morgan fingerprint density at radius 1 is 1.50 bits per heavy atom. The molecule has 74 valence electrons. The van der Waals surface area contributed by atoms with Crippen molar-refractivity contribution < 1.29 is 4.79 Å². The summed E-state index contributed by atoms with van der Waals surface area (Å²) < 4.78 is 0. The quantitative estimate of drug-likeness (QED) is 0.665. The SMILES string of the molecule is O=C[C@@H]1CCCCN1c1cccnc1. The molecule has 2 rings (SSSR count). The first kappa shape index (κ1) is 9.19. The number of piperidine rings is 1. The van der Waals surface area contributed by atoms with Gasteiger partial charge in [0.25, 0.3) is 0 Å². The third-order valence-corrected chi connectivity index (χ3v) is 2.68. The summed E-state index contributed by atoms with van der Waals surface area (Å²) in [4.78, 5) is 17.1. The zero-order chi connectivity index (χ0) is 9.80. The van der Waals surface area contributed by atoms with Gasteiger partial charge in [0.2, 0.25) is 0 Å². The minimum atomic E-state index is 0.0490. The van der Waals surface area contributed by atoms with Crippen LogP contribution in [0, 0.1) is 0 Å². The topological polar surface area (TPSA) is 33.2 Å². The molecule has 0 saturated carbocycles. The van der Waals surface area contributed by atoms with E-state index in [0.29, 0.717) is 0 Å². The molecular weight excluding hydrogens is 176 g/mol. The third-order valence-electron chi connectivity index (χ3n) is 2.68. The number of aromatic nitrogens is 1. The average Bonchev–Trinajstić information content (AvgIpc) is 2.30. The highest BCUT2D eigenvalue weighted by Crippen LogP contribution is 2.22. The van der Waals surface area contributed by atoms with Crippen molar-refractivity contribution in [3.05, 3.63) is 24.5 Å². The molecule has 3 heteroatoms. The number of aldehydes is 1. The number of hydrogen-bond acceptors (Lipinski definition) is 3. The summed E-state index contributed by atoms with van der Waals surface area (Å²) >= 11 is 0. The smallest absolute Gasteiger partial charge is 0.142 e. The molecule has 1 atom stereocenters. The molecule has 1 fully saturated rings. The fourth-order valence-corrected chi connectivity index (χ4v) is 1.94. The first-order valence-corrected chi connectivity index (χ1v) is 5.04. The Labute approximate surface area is 83.8 Å². The number of nitrogens with zero attached hydrogens (tertiary/aromatic N) is 2. The number of pyridine rings is 1. The molecule has 1 saturated heterocycles. The van der Waals surface area contributed by atoms with E-state index in [1.807, 2.05) is 18.3 Å². The number of anilines is 1. The van der Waals surface area contributed by atoms with Gasteiger partial charge >= 0.3 is 0 Å². The molecule has 2 heterocycles. The predicted octanol–water partition coefficient (Wildman–Crippen LogP) is 1.64. The summed E-state index contributed by atoms with van der Waals surface area (Å²) in [6, 6.07) is 3.97. The lowest BCUT2D eigenvalue weighted by Gasteiger charge is -2.33. The van der Waals surface area contributed by atoms with Gasteiger partial charge in [0.15, 0.2) is 0 Å². The lowest BCUT2D eigenvalue weighted by Crippen LogP contribution is -2.40.